The highest BCUT2D eigenvalue weighted by molar-refractivity contribution is 6.13. The van der Waals surface area contributed by atoms with Gasteiger partial charge in [-0.15, -0.1) is 0 Å². The molecule has 11 heteroatoms. The van der Waals surface area contributed by atoms with E-state index in [1.165, 1.54) is 53.2 Å². The SMILES string of the molecule is COc1ccc(C(=O)Nc2cnn3c2C(=O)N(c2ccc(C(F)(F)F)cc2)CC3C)cc1C#N. The minimum Gasteiger partial charge on any atom is -0.495 e. The van der Waals surface area contributed by atoms with Crippen LogP contribution in [0.4, 0.5) is 24.5 Å². The fraction of sp³-hybridized carbons (Fsp3) is 0.217. The second-order valence-corrected chi connectivity index (χ2v) is 7.64. The zero-order valence-electron chi connectivity index (χ0n) is 18.1. The van der Waals surface area contributed by atoms with E-state index in [1.807, 2.05) is 6.07 Å². The van der Waals surface area contributed by atoms with Gasteiger partial charge in [0.1, 0.15) is 11.8 Å². The van der Waals surface area contributed by atoms with Gasteiger partial charge >= 0.3 is 6.18 Å². The Kier molecular flexibility index (Phi) is 5.75. The summed E-state index contributed by atoms with van der Waals surface area (Å²) >= 11 is 0. The predicted molar refractivity (Wildman–Crippen MR) is 116 cm³/mol. The molecule has 0 bridgehead atoms. The number of anilines is 2. The van der Waals surface area contributed by atoms with Crippen LogP contribution < -0.4 is 15.0 Å². The lowest BCUT2D eigenvalue weighted by Crippen LogP contribution is -2.43. The number of rotatable bonds is 4. The maximum absolute atomic E-state index is 13.3. The first kappa shape index (κ1) is 22.8. The smallest absolute Gasteiger partial charge is 0.416 e. The number of nitrogens with zero attached hydrogens (tertiary/aromatic N) is 4. The van der Waals surface area contributed by atoms with Gasteiger partial charge in [0, 0.05) is 17.8 Å². The number of alkyl halides is 3. The van der Waals surface area contributed by atoms with Gasteiger partial charge < -0.3 is 15.0 Å². The minimum absolute atomic E-state index is 0.0982. The topological polar surface area (TPSA) is 100 Å². The molecule has 1 atom stereocenters. The van der Waals surface area contributed by atoms with Crippen LogP contribution in [0.1, 0.15) is 44.9 Å². The monoisotopic (exact) mass is 469 g/mol. The summed E-state index contributed by atoms with van der Waals surface area (Å²) in [5.41, 5.74) is 0.0683. The highest BCUT2D eigenvalue weighted by atomic mass is 19.4. The van der Waals surface area contributed by atoms with Crippen LogP contribution in [0.15, 0.2) is 48.7 Å². The van der Waals surface area contributed by atoms with Gasteiger partial charge in [0.2, 0.25) is 0 Å². The number of aromatic nitrogens is 2. The second kappa shape index (κ2) is 8.55. The Morgan fingerprint density at radius 1 is 1.24 bits per heavy atom. The molecule has 2 aromatic carbocycles. The summed E-state index contributed by atoms with van der Waals surface area (Å²) in [6.07, 6.45) is -3.15. The van der Waals surface area contributed by atoms with E-state index in [2.05, 4.69) is 10.4 Å². The number of carbonyl (C=O) groups is 2. The van der Waals surface area contributed by atoms with Crippen molar-refractivity contribution in [2.45, 2.75) is 19.1 Å². The molecule has 34 heavy (non-hydrogen) atoms. The molecule has 0 saturated carbocycles. The molecule has 1 aromatic heterocycles. The van der Waals surface area contributed by atoms with Gasteiger partial charge in [-0.25, -0.2) is 0 Å². The minimum atomic E-state index is -4.49. The van der Waals surface area contributed by atoms with Gasteiger partial charge in [-0.1, -0.05) is 0 Å². The van der Waals surface area contributed by atoms with E-state index in [0.29, 0.717) is 11.4 Å². The number of nitriles is 1. The number of nitrogens with one attached hydrogen (secondary N) is 1. The summed E-state index contributed by atoms with van der Waals surface area (Å²) in [4.78, 5) is 27.4. The van der Waals surface area contributed by atoms with Crippen LogP contribution in [0.25, 0.3) is 0 Å². The normalized spacial score (nSPS) is 15.5. The Hall–Kier alpha value is -4.33. The Morgan fingerprint density at radius 3 is 2.56 bits per heavy atom. The molecule has 4 rings (SSSR count). The first-order valence-corrected chi connectivity index (χ1v) is 10.1. The molecule has 2 amide bonds. The van der Waals surface area contributed by atoms with Gasteiger partial charge in [-0.05, 0) is 49.4 Å². The van der Waals surface area contributed by atoms with Gasteiger partial charge in [-0.3, -0.25) is 14.3 Å². The fourth-order valence-corrected chi connectivity index (χ4v) is 3.74. The van der Waals surface area contributed by atoms with E-state index < -0.39 is 23.6 Å². The third kappa shape index (κ3) is 4.05. The average Bonchev–Trinajstić information content (AvgIpc) is 3.24. The fourth-order valence-electron chi connectivity index (χ4n) is 3.74. The first-order chi connectivity index (χ1) is 16.1. The number of fused-ring (bicyclic) bond motifs is 1. The van der Waals surface area contributed by atoms with Crippen LogP contribution in [-0.2, 0) is 6.18 Å². The van der Waals surface area contributed by atoms with Crippen molar-refractivity contribution in [2.24, 2.45) is 0 Å². The molecule has 174 valence electrons. The Balaban J connectivity index is 1.62. The summed E-state index contributed by atoms with van der Waals surface area (Å²) in [6.45, 7) is 1.99. The van der Waals surface area contributed by atoms with Crippen molar-refractivity contribution in [1.82, 2.24) is 9.78 Å². The van der Waals surface area contributed by atoms with Crippen molar-refractivity contribution in [3.8, 4) is 11.8 Å². The highest BCUT2D eigenvalue weighted by Gasteiger charge is 2.35. The number of hydrogen-bond donors (Lipinski definition) is 1. The zero-order chi connectivity index (χ0) is 24.6. The second-order valence-electron chi connectivity index (χ2n) is 7.64. The molecule has 0 saturated heterocycles. The van der Waals surface area contributed by atoms with Crippen molar-refractivity contribution in [2.75, 3.05) is 23.9 Å². The maximum Gasteiger partial charge on any atom is 0.416 e. The largest absolute Gasteiger partial charge is 0.495 e. The number of halogens is 3. The molecule has 0 radical (unpaired) electrons. The van der Waals surface area contributed by atoms with Crippen molar-refractivity contribution >= 4 is 23.2 Å². The van der Waals surface area contributed by atoms with Crippen LogP contribution in [0.3, 0.4) is 0 Å². The Bertz CT molecular complexity index is 1310. The van der Waals surface area contributed by atoms with Crippen molar-refractivity contribution in [3.63, 3.8) is 0 Å². The van der Waals surface area contributed by atoms with Gasteiger partial charge in [0.25, 0.3) is 11.8 Å². The van der Waals surface area contributed by atoms with Crippen LogP contribution in [0, 0.1) is 11.3 Å². The van der Waals surface area contributed by atoms with E-state index in [1.54, 1.807) is 6.92 Å². The van der Waals surface area contributed by atoms with Crippen LogP contribution in [0.2, 0.25) is 0 Å². The van der Waals surface area contributed by atoms with Crippen LogP contribution in [-0.4, -0.2) is 35.2 Å². The number of carbonyl (C=O) groups excluding carboxylic acids is 2. The van der Waals surface area contributed by atoms with Crippen LogP contribution >= 0.6 is 0 Å². The molecular weight excluding hydrogens is 451 g/mol. The molecule has 0 aliphatic carbocycles. The number of methoxy groups -OCH3 is 1. The molecular formula is C23H18F3N5O3. The van der Waals surface area contributed by atoms with Gasteiger partial charge in [0.15, 0.2) is 5.69 Å². The van der Waals surface area contributed by atoms with Crippen molar-refractivity contribution in [3.05, 3.63) is 71.0 Å². The summed E-state index contributed by atoms with van der Waals surface area (Å²) < 4.78 is 45.3. The predicted octanol–water partition coefficient (Wildman–Crippen LogP) is 4.26. The van der Waals surface area contributed by atoms with Crippen molar-refractivity contribution in [1.29, 1.82) is 5.26 Å². The number of ether oxygens (including phenoxy) is 1. The van der Waals surface area contributed by atoms with Gasteiger partial charge in [0.05, 0.1) is 36.2 Å². The lowest BCUT2D eigenvalue weighted by molar-refractivity contribution is -0.137. The molecule has 0 fully saturated rings. The van der Waals surface area contributed by atoms with E-state index in [0.717, 1.165) is 12.1 Å². The standard InChI is InChI=1S/C23H18F3N5O3/c1-13-12-30(17-6-4-16(5-7-17)23(24,25)26)22(33)20-18(11-28-31(13)20)29-21(32)14-3-8-19(34-2)15(9-14)10-27/h3-9,11,13H,12H2,1-2H3,(H,29,32). The van der Waals surface area contributed by atoms with E-state index in [-0.39, 0.29) is 35.1 Å². The summed E-state index contributed by atoms with van der Waals surface area (Å²) in [7, 11) is 1.41. The molecule has 0 spiro atoms. The summed E-state index contributed by atoms with van der Waals surface area (Å²) in [5.74, 6) is -0.765. The lowest BCUT2D eigenvalue weighted by atomic mass is 10.1. The molecule has 2 heterocycles. The molecule has 1 unspecified atom stereocenters. The van der Waals surface area contributed by atoms with Gasteiger partial charge in [-0.2, -0.15) is 23.5 Å². The lowest BCUT2D eigenvalue weighted by Gasteiger charge is -2.32. The molecule has 3 aromatic rings. The summed E-state index contributed by atoms with van der Waals surface area (Å²) in [5, 5.41) is 16.1. The molecule has 1 aliphatic heterocycles. The average molecular weight is 469 g/mol. The maximum atomic E-state index is 13.3. The third-order valence-corrected chi connectivity index (χ3v) is 5.44. The molecule has 8 nitrogen and oxygen atoms in total. The van der Waals surface area contributed by atoms with E-state index in [9.17, 15) is 28.0 Å². The van der Waals surface area contributed by atoms with Crippen LogP contribution in [0.5, 0.6) is 5.75 Å². The number of hydrogen-bond acceptors (Lipinski definition) is 5. The highest BCUT2D eigenvalue weighted by Crippen LogP contribution is 2.33. The first-order valence-electron chi connectivity index (χ1n) is 10.1. The summed E-state index contributed by atoms with van der Waals surface area (Å²) in [6, 6.07) is 10.3. The quantitative estimate of drug-likeness (QED) is 0.616. The van der Waals surface area contributed by atoms with E-state index in [4.69, 9.17) is 4.74 Å². The van der Waals surface area contributed by atoms with Crippen molar-refractivity contribution < 1.29 is 27.5 Å². The Morgan fingerprint density at radius 2 is 1.94 bits per heavy atom. The zero-order valence-corrected chi connectivity index (χ0v) is 18.1. The Labute approximate surface area is 192 Å². The van der Waals surface area contributed by atoms with E-state index >= 15 is 0 Å². The third-order valence-electron chi connectivity index (χ3n) is 5.44. The number of amides is 2. The number of benzene rings is 2. The molecule has 1 aliphatic rings. The molecule has 1 N–H and O–H groups in total.